The van der Waals surface area contributed by atoms with Crippen molar-refractivity contribution in [1.82, 2.24) is 15.6 Å². The highest BCUT2D eigenvalue weighted by Crippen LogP contribution is 2.00. The number of aliphatic imine (C=N–C) groups is 1. The lowest BCUT2D eigenvalue weighted by molar-refractivity contribution is 0.143. The fraction of sp³-hybridized carbons (Fsp3) is 0.647. The van der Waals surface area contributed by atoms with Gasteiger partial charge < -0.3 is 20.7 Å². The Morgan fingerprint density at radius 1 is 1.08 bits per heavy atom. The molecule has 0 saturated heterocycles. The Morgan fingerprint density at radius 2 is 1.79 bits per heavy atom. The Kier molecular flexibility index (Phi) is 16.0. The fourth-order valence-electron chi connectivity index (χ4n) is 2.04. The second kappa shape index (κ2) is 16.8. The number of guanidine groups is 1. The molecule has 138 valence electrons. The smallest absolute Gasteiger partial charge is 0.190 e. The predicted octanol–water partition coefficient (Wildman–Crippen LogP) is 2.87. The van der Waals surface area contributed by atoms with Crippen LogP contribution in [0.5, 0.6) is 0 Å². The molecule has 7 heteroatoms. The lowest BCUT2D eigenvalue weighted by atomic mass is 10.3. The second-order valence-corrected chi connectivity index (χ2v) is 5.18. The van der Waals surface area contributed by atoms with E-state index in [2.05, 4.69) is 25.9 Å². The van der Waals surface area contributed by atoms with Crippen molar-refractivity contribution in [3.8, 4) is 0 Å². The van der Waals surface area contributed by atoms with Crippen molar-refractivity contribution in [2.75, 3.05) is 45.2 Å². The van der Waals surface area contributed by atoms with Gasteiger partial charge in [0.25, 0.3) is 0 Å². The van der Waals surface area contributed by atoms with Crippen molar-refractivity contribution in [3.63, 3.8) is 0 Å². The summed E-state index contributed by atoms with van der Waals surface area (Å²) in [6.07, 6.45) is 6.15. The molecule has 3 N–H and O–H groups in total. The average molecular weight is 449 g/mol. The van der Waals surface area contributed by atoms with Crippen LogP contribution >= 0.6 is 24.0 Å². The molecule has 0 atom stereocenters. The van der Waals surface area contributed by atoms with Crippen LogP contribution in [0.2, 0.25) is 0 Å². The van der Waals surface area contributed by atoms with Gasteiger partial charge in [-0.25, -0.2) is 4.98 Å². The van der Waals surface area contributed by atoms with Crippen LogP contribution < -0.4 is 16.0 Å². The van der Waals surface area contributed by atoms with Crippen LogP contribution in [0.15, 0.2) is 29.4 Å². The Labute approximate surface area is 163 Å². The molecule has 0 saturated carbocycles. The Hall–Kier alpha value is -1.09. The molecule has 1 heterocycles. The van der Waals surface area contributed by atoms with Crippen molar-refractivity contribution in [3.05, 3.63) is 24.4 Å². The van der Waals surface area contributed by atoms with Gasteiger partial charge in [-0.15, -0.1) is 24.0 Å². The maximum absolute atomic E-state index is 5.32. The third-order valence-corrected chi connectivity index (χ3v) is 3.30. The maximum atomic E-state index is 5.32. The molecule has 1 aromatic rings. The number of unbranched alkanes of at least 4 members (excludes halogenated alkanes) is 2. The highest BCUT2D eigenvalue weighted by atomic mass is 127. The summed E-state index contributed by atoms with van der Waals surface area (Å²) in [7, 11) is 1.80. The highest BCUT2D eigenvalue weighted by molar-refractivity contribution is 14.0. The van der Waals surface area contributed by atoms with Gasteiger partial charge in [0.1, 0.15) is 5.82 Å². The SMILES string of the molecule is CCOCCCCNC(=NC)NCCCCNc1ccccn1.I. The molecule has 0 spiro atoms. The number of aromatic nitrogens is 1. The minimum absolute atomic E-state index is 0. The molecule has 0 aromatic carbocycles. The summed E-state index contributed by atoms with van der Waals surface area (Å²) in [5.41, 5.74) is 0. The van der Waals surface area contributed by atoms with E-state index in [0.29, 0.717) is 0 Å². The van der Waals surface area contributed by atoms with Gasteiger partial charge in [-0.1, -0.05) is 6.07 Å². The summed E-state index contributed by atoms with van der Waals surface area (Å²) in [5.74, 6) is 1.81. The summed E-state index contributed by atoms with van der Waals surface area (Å²) in [6.45, 7) is 6.44. The molecule has 0 aliphatic heterocycles. The quantitative estimate of drug-likeness (QED) is 0.198. The lowest BCUT2D eigenvalue weighted by Gasteiger charge is -2.12. The van der Waals surface area contributed by atoms with Crippen molar-refractivity contribution < 1.29 is 4.74 Å². The minimum atomic E-state index is 0. The first-order valence-corrected chi connectivity index (χ1v) is 8.54. The molecule has 0 radical (unpaired) electrons. The minimum Gasteiger partial charge on any atom is -0.382 e. The number of anilines is 1. The monoisotopic (exact) mass is 449 g/mol. The summed E-state index contributed by atoms with van der Waals surface area (Å²) in [6, 6.07) is 5.89. The van der Waals surface area contributed by atoms with E-state index < -0.39 is 0 Å². The standard InChI is InChI=1S/C17H31N5O.HI/c1-3-23-15-9-8-14-22-17(18-2)21-13-7-6-12-20-16-10-4-5-11-19-16;/h4-5,10-11H,3,6-9,12-15H2,1-2H3,(H,19,20)(H2,18,21,22);1H. The van der Waals surface area contributed by atoms with E-state index in [0.717, 1.165) is 70.3 Å². The summed E-state index contributed by atoms with van der Waals surface area (Å²) in [4.78, 5) is 8.46. The predicted molar refractivity (Wildman–Crippen MR) is 112 cm³/mol. The molecule has 0 amide bonds. The molecule has 1 aromatic heterocycles. The zero-order valence-corrected chi connectivity index (χ0v) is 17.2. The first-order chi connectivity index (χ1) is 11.4. The third-order valence-electron chi connectivity index (χ3n) is 3.30. The first-order valence-electron chi connectivity index (χ1n) is 8.54. The number of nitrogens with zero attached hydrogens (tertiary/aromatic N) is 2. The van der Waals surface area contributed by atoms with Gasteiger partial charge in [0.15, 0.2) is 5.96 Å². The summed E-state index contributed by atoms with van der Waals surface area (Å²) in [5, 5.41) is 9.96. The highest BCUT2D eigenvalue weighted by Gasteiger charge is 1.97. The van der Waals surface area contributed by atoms with Crippen molar-refractivity contribution in [2.24, 2.45) is 4.99 Å². The summed E-state index contributed by atoms with van der Waals surface area (Å²) >= 11 is 0. The number of rotatable bonds is 12. The van der Waals surface area contributed by atoms with Gasteiger partial charge in [0.2, 0.25) is 0 Å². The Balaban J connectivity index is 0.00000529. The van der Waals surface area contributed by atoms with Gasteiger partial charge in [-0.3, -0.25) is 4.99 Å². The lowest BCUT2D eigenvalue weighted by Crippen LogP contribution is -2.38. The average Bonchev–Trinajstić information content (AvgIpc) is 2.60. The van der Waals surface area contributed by atoms with Crippen molar-refractivity contribution in [2.45, 2.75) is 32.6 Å². The number of hydrogen-bond acceptors (Lipinski definition) is 4. The van der Waals surface area contributed by atoms with E-state index in [9.17, 15) is 0 Å². The molecule has 0 aliphatic carbocycles. The number of nitrogens with one attached hydrogen (secondary N) is 3. The molecule has 6 nitrogen and oxygen atoms in total. The number of halogens is 1. The number of hydrogen-bond donors (Lipinski definition) is 3. The van der Waals surface area contributed by atoms with E-state index in [-0.39, 0.29) is 24.0 Å². The second-order valence-electron chi connectivity index (χ2n) is 5.18. The Bertz CT molecular complexity index is 417. The van der Waals surface area contributed by atoms with Gasteiger partial charge in [-0.2, -0.15) is 0 Å². The van der Waals surface area contributed by atoms with Gasteiger partial charge in [0.05, 0.1) is 0 Å². The molecular formula is C17H32IN5O. The number of pyridine rings is 1. The molecule has 24 heavy (non-hydrogen) atoms. The van der Waals surface area contributed by atoms with E-state index in [1.165, 1.54) is 0 Å². The van der Waals surface area contributed by atoms with Gasteiger partial charge in [-0.05, 0) is 44.7 Å². The van der Waals surface area contributed by atoms with Crippen LogP contribution in [0.1, 0.15) is 32.6 Å². The van der Waals surface area contributed by atoms with E-state index >= 15 is 0 Å². The van der Waals surface area contributed by atoms with Crippen LogP contribution in [0, 0.1) is 0 Å². The molecule has 0 aliphatic rings. The molecule has 0 fully saturated rings. The van der Waals surface area contributed by atoms with E-state index in [1.54, 1.807) is 13.2 Å². The zero-order valence-electron chi connectivity index (χ0n) is 14.9. The molecule has 1 rings (SSSR count). The van der Waals surface area contributed by atoms with Crippen LogP contribution in [0.3, 0.4) is 0 Å². The van der Waals surface area contributed by atoms with Crippen LogP contribution in [0.4, 0.5) is 5.82 Å². The Morgan fingerprint density at radius 3 is 2.42 bits per heavy atom. The third kappa shape index (κ3) is 12.3. The van der Waals surface area contributed by atoms with Crippen LogP contribution in [-0.2, 0) is 4.74 Å². The van der Waals surface area contributed by atoms with Crippen molar-refractivity contribution in [1.29, 1.82) is 0 Å². The topological polar surface area (TPSA) is 70.6 Å². The van der Waals surface area contributed by atoms with Crippen molar-refractivity contribution >= 4 is 35.8 Å². The largest absolute Gasteiger partial charge is 0.382 e. The number of ether oxygens (including phenoxy) is 1. The first kappa shape index (κ1) is 22.9. The van der Waals surface area contributed by atoms with E-state index in [1.807, 2.05) is 25.1 Å². The summed E-state index contributed by atoms with van der Waals surface area (Å²) < 4.78 is 5.32. The molecule has 0 bridgehead atoms. The van der Waals surface area contributed by atoms with Gasteiger partial charge >= 0.3 is 0 Å². The maximum Gasteiger partial charge on any atom is 0.190 e. The van der Waals surface area contributed by atoms with E-state index in [4.69, 9.17) is 4.74 Å². The fourth-order valence-corrected chi connectivity index (χ4v) is 2.04. The van der Waals surface area contributed by atoms with Gasteiger partial charge in [0, 0.05) is 46.1 Å². The normalized spacial score (nSPS) is 10.8. The van der Waals surface area contributed by atoms with Crippen LogP contribution in [0.25, 0.3) is 0 Å². The zero-order chi connectivity index (χ0) is 16.6. The molecule has 0 unspecified atom stereocenters. The molecular weight excluding hydrogens is 417 g/mol. The van der Waals surface area contributed by atoms with Crippen LogP contribution in [-0.4, -0.2) is 50.8 Å².